The van der Waals surface area contributed by atoms with Crippen molar-refractivity contribution in [1.29, 1.82) is 0 Å². The van der Waals surface area contributed by atoms with Crippen molar-refractivity contribution >= 4 is 35.0 Å². The van der Waals surface area contributed by atoms with E-state index in [1.165, 1.54) is 11.8 Å². The van der Waals surface area contributed by atoms with Crippen LogP contribution in [0.3, 0.4) is 0 Å². The standard InChI is InChI=1S/C23H30N2O3S/c1-5-17-11-10-12-18(6-2)22(17)25-23(27)16(4)29-15-21(26)24-19-13-8-9-14-20(19)28-7-3/h8-14,16H,5-7,15H2,1-4H3,(H,24,26)(H,25,27)/t16-/m1/s1. The summed E-state index contributed by atoms with van der Waals surface area (Å²) < 4.78 is 5.53. The first-order valence-electron chi connectivity index (χ1n) is 10.0. The molecule has 0 saturated heterocycles. The molecule has 0 aliphatic carbocycles. The monoisotopic (exact) mass is 414 g/mol. The number of thioether (sulfide) groups is 1. The van der Waals surface area contributed by atoms with Gasteiger partial charge in [0.05, 0.1) is 23.3 Å². The molecule has 2 aromatic carbocycles. The number of benzene rings is 2. The highest BCUT2D eigenvalue weighted by Crippen LogP contribution is 2.25. The Morgan fingerprint density at radius 2 is 1.62 bits per heavy atom. The predicted octanol–water partition coefficient (Wildman–Crippen LogP) is 4.91. The van der Waals surface area contributed by atoms with Crippen molar-refractivity contribution in [3.8, 4) is 5.75 Å². The Balaban J connectivity index is 1.93. The highest BCUT2D eigenvalue weighted by Gasteiger charge is 2.18. The molecule has 0 aliphatic rings. The summed E-state index contributed by atoms with van der Waals surface area (Å²) in [6.07, 6.45) is 1.71. The lowest BCUT2D eigenvalue weighted by Crippen LogP contribution is -2.26. The minimum Gasteiger partial charge on any atom is -0.492 e. The van der Waals surface area contributed by atoms with Gasteiger partial charge in [-0.3, -0.25) is 9.59 Å². The van der Waals surface area contributed by atoms with Gasteiger partial charge in [-0.05, 0) is 49.9 Å². The zero-order valence-electron chi connectivity index (χ0n) is 17.6. The van der Waals surface area contributed by atoms with Crippen LogP contribution in [0.5, 0.6) is 5.75 Å². The summed E-state index contributed by atoms with van der Waals surface area (Å²) in [6, 6.07) is 13.4. The van der Waals surface area contributed by atoms with Crippen LogP contribution >= 0.6 is 11.8 Å². The van der Waals surface area contributed by atoms with Gasteiger partial charge in [0, 0.05) is 5.69 Å². The number of ether oxygens (including phenoxy) is 1. The summed E-state index contributed by atoms with van der Waals surface area (Å²) in [6.45, 7) is 8.40. The van der Waals surface area contributed by atoms with Crippen molar-refractivity contribution in [3.63, 3.8) is 0 Å². The van der Waals surface area contributed by atoms with Crippen LogP contribution in [0.4, 0.5) is 11.4 Å². The number of carbonyl (C=O) groups is 2. The van der Waals surface area contributed by atoms with Crippen molar-refractivity contribution < 1.29 is 14.3 Å². The van der Waals surface area contributed by atoms with E-state index < -0.39 is 0 Å². The Morgan fingerprint density at radius 1 is 0.966 bits per heavy atom. The first-order chi connectivity index (χ1) is 14.0. The van der Waals surface area contributed by atoms with Crippen LogP contribution in [0.25, 0.3) is 0 Å². The Kier molecular flexibility index (Phi) is 9.06. The van der Waals surface area contributed by atoms with Gasteiger partial charge < -0.3 is 15.4 Å². The van der Waals surface area contributed by atoms with Gasteiger partial charge in [-0.1, -0.05) is 44.2 Å². The maximum absolute atomic E-state index is 12.7. The highest BCUT2D eigenvalue weighted by atomic mass is 32.2. The number of hydrogen-bond donors (Lipinski definition) is 2. The molecule has 0 aromatic heterocycles. The molecule has 0 saturated carbocycles. The van der Waals surface area contributed by atoms with Crippen molar-refractivity contribution in [2.24, 2.45) is 0 Å². The molecular formula is C23H30N2O3S. The van der Waals surface area contributed by atoms with Gasteiger partial charge in [0.1, 0.15) is 5.75 Å². The maximum atomic E-state index is 12.7. The molecular weight excluding hydrogens is 384 g/mol. The van der Waals surface area contributed by atoms with E-state index in [-0.39, 0.29) is 22.8 Å². The van der Waals surface area contributed by atoms with E-state index in [1.807, 2.05) is 50.2 Å². The van der Waals surface area contributed by atoms with Crippen molar-refractivity contribution in [2.45, 2.75) is 45.8 Å². The largest absolute Gasteiger partial charge is 0.492 e. The number of rotatable bonds is 10. The zero-order chi connectivity index (χ0) is 21.2. The summed E-state index contributed by atoms with van der Waals surface area (Å²) in [5.74, 6) is 0.575. The van der Waals surface area contributed by atoms with Gasteiger partial charge >= 0.3 is 0 Å². The van der Waals surface area contributed by atoms with Gasteiger partial charge in [-0.2, -0.15) is 0 Å². The van der Waals surface area contributed by atoms with Gasteiger partial charge in [-0.25, -0.2) is 0 Å². The third-order valence-corrected chi connectivity index (χ3v) is 5.68. The molecule has 2 aromatic rings. The molecule has 6 heteroatoms. The van der Waals surface area contributed by atoms with Crippen LogP contribution in [0, 0.1) is 0 Å². The smallest absolute Gasteiger partial charge is 0.237 e. The van der Waals surface area contributed by atoms with Crippen LogP contribution in [-0.4, -0.2) is 29.4 Å². The Morgan fingerprint density at radius 3 is 2.24 bits per heavy atom. The number of aryl methyl sites for hydroxylation is 2. The molecule has 156 valence electrons. The van der Waals surface area contributed by atoms with Crippen LogP contribution in [0.1, 0.15) is 38.8 Å². The van der Waals surface area contributed by atoms with E-state index in [2.05, 4.69) is 24.5 Å². The molecule has 0 spiro atoms. The van der Waals surface area contributed by atoms with Gasteiger partial charge in [0.15, 0.2) is 0 Å². The van der Waals surface area contributed by atoms with Gasteiger partial charge in [0.2, 0.25) is 11.8 Å². The molecule has 0 aliphatic heterocycles. The lowest BCUT2D eigenvalue weighted by molar-refractivity contribution is -0.115. The number of carbonyl (C=O) groups excluding carboxylic acids is 2. The minimum atomic E-state index is -0.350. The first-order valence-corrected chi connectivity index (χ1v) is 11.1. The topological polar surface area (TPSA) is 67.4 Å². The Hall–Kier alpha value is -2.47. The number of nitrogens with one attached hydrogen (secondary N) is 2. The highest BCUT2D eigenvalue weighted by molar-refractivity contribution is 8.01. The molecule has 0 bridgehead atoms. The molecule has 2 rings (SSSR count). The molecule has 2 amide bonds. The summed E-state index contributed by atoms with van der Waals surface area (Å²) in [5, 5.41) is 5.58. The molecule has 29 heavy (non-hydrogen) atoms. The van der Waals surface area contributed by atoms with Crippen molar-refractivity contribution in [2.75, 3.05) is 23.0 Å². The number of anilines is 2. The molecule has 0 fully saturated rings. The van der Waals surface area contributed by atoms with E-state index in [4.69, 9.17) is 4.74 Å². The van der Waals surface area contributed by atoms with Crippen LogP contribution in [0.2, 0.25) is 0 Å². The lowest BCUT2D eigenvalue weighted by atomic mass is 10.0. The molecule has 0 radical (unpaired) electrons. The lowest BCUT2D eigenvalue weighted by Gasteiger charge is -2.17. The van der Waals surface area contributed by atoms with Crippen LogP contribution < -0.4 is 15.4 Å². The second kappa shape index (κ2) is 11.5. The first kappa shape index (κ1) is 22.8. The third-order valence-electron chi connectivity index (χ3n) is 4.54. The average molecular weight is 415 g/mol. The van der Waals surface area contributed by atoms with Crippen molar-refractivity contribution in [3.05, 3.63) is 53.6 Å². The minimum absolute atomic E-state index is 0.0897. The number of para-hydroxylation sites is 3. The fourth-order valence-corrected chi connectivity index (χ4v) is 3.63. The van der Waals surface area contributed by atoms with E-state index >= 15 is 0 Å². The second-order valence-corrected chi connectivity index (χ2v) is 7.91. The van der Waals surface area contributed by atoms with E-state index in [0.717, 1.165) is 29.7 Å². The molecule has 5 nitrogen and oxygen atoms in total. The second-order valence-electron chi connectivity index (χ2n) is 6.58. The number of hydrogen-bond acceptors (Lipinski definition) is 4. The maximum Gasteiger partial charge on any atom is 0.237 e. The zero-order valence-corrected chi connectivity index (χ0v) is 18.4. The van der Waals surface area contributed by atoms with Crippen molar-refractivity contribution in [1.82, 2.24) is 0 Å². The summed E-state index contributed by atoms with van der Waals surface area (Å²) >= 11 is 1.31. The quantitative estimate of drug-likeness (QED) is 0.580. The molecule has 0 unspecified atom stereocenters. The van der Waals surface area contributed by atoms with Crippen LogP contribution in [-0.2, 0) is 22.4 Å². The van der Waals surface area contributed by atoms with E-state index in [1.54, 1.807) is 6.07 Å². The molecule has 0 heterocycles. The van der Waals surface area contributed by atoms with E-state index in [0.29, 0.717) is 18.0 Å². The van der Waals surface area contributed by atoms with Gasteiger partial charge in [0.25, 0.3) is 0 Å². The SMILES string of the molecule is CCOc1ccccc1NC(=O)CS[C@H](C)C(=O)Nc1c(CC)cccc1CC. The summed E-state index contributed by atoms with van der Waals surface area (Å²) in [5.41, 5.74) is 3.80. The Labute approximate surface area is 177 Å². The fourth-order valence-electron chi connectivity index (χ4n) is 2.94. The summed E-state index contributed by atoms with van der Waals surface area (Å²) in [4.78, 5) is 25.0. The Bertz CT molecular complexity index is 816. The fraction of sp³-hybridized carbons (Fsp3) is 0.391. The number of amides is 2. The third kappa shape index (κ3) is 6.53. The summed E-state index contributed by atoms with van der Waals surface area (Å²) in [7, 11) is 0. The van der Waals surface area contributed by atoms with Gasteiger partial charge in [-0.15, -0.1) is 11.8 Å². The predicted molar refractivity (Wildman–Crippen MR) is 122 cm³/mol. The van der Waals surface area contributed by atoms with Crippen LogP contribution in [0.15, 0.2) is 42.5 Å². The molecule has 2 N–H and O–H groups in total. The molecule has 1 atom stereocenters. The average Bonchev–Trinajstić information content (AvgIpc) is 2.73. The normalized spacial score (nSPS) is 11.6. The van der Waals surface area contributed by atoms with E-state index in [9.17, 15) is 9.59 Å².